The smallest absolute Gasteiger partial charge is 0.320 e. The van der Waals surface area contributed by atoms with E-state index in [-0.39, 0.29) is 5.82 Å². The highest BCUT2D eigenvalue weighted by Gasteiger charge is 2.15. The molecule has 2 aromatic heterocycles. The van der Waals surface area contributed by atoms with Crippen molar-refractivity contribution >= 4 is 17.9 Å². The minimum absolute atomic E-state index is 0.294. The number of nitrogens with zero attached hydrogens (tertiary/aromatic N) is 5. The minimum atomic E-state index is -0.304. The molecule has 1 N–H and O–H groups in total. The van der Waals surface area contributed by atoms with Crippen molar-refractivity contribution in [3.63, 3.8) is 0 Å². The zero-order valence-corrected chi connectivity index (χ0v) is 17.2. The third kappa shape index (κ3) is 6.21. The van der Waals surface area contributed by atoms with E-state index in [2.05, 4.69) is 30.4 Å². The van der Waals surface area contributed by atoms with Crippen molar-refractivity contribution in [3.8, 4) is 6.01 Å². The fraction of sp³-hybridized carbons (Fsp3) is 0.304. The van der Waals surface area contributed by atoms with Crippen LogP contribution in [0.25, 0.3) is 0 Å². The molecule has 1 aliphatic rings. The van der Waals surface area contributed by atoms with E-state index in [1.807, 2.05) is 24.3 Å². The van der Waals surface area contributed by atoms with E-state index in [0.29, 0.717) is 30.4 Å². The van der Waals surface area contributed by atoms with Crippen LogP contribution in [0.2, 0.25) is 0 Å². The number of anilines is 2. The van der Waals surface area contributed by atoms with Gasteiger partial charge in [-0.2, -0.15) is 15.1 Å². The highest BCUT2D eigenvalue weighted by molar-refractivity contribution is 5.80. The zero-order chi connectivity index (χ0) is 21.3. The Balaban J connectivity index is 1.46. The number of pyridine rings is 1. The van der Waals surface area contributed by atoms with Crippen molar-refractivity contribution in [2.24, 2.45) is 5.10 Å². The average molecular weight is 420 g/mol. The van der Waals surface area contributed by atoms with Crippen molar-refractivity contribution in [2.75, 3.05) is 30.0 Å². The SMILES string of the molecule is Fc1cccc(/C=N/Nc2cc(N3CCCCC3)nc(OCCc3ccccn3)n2)c1. The molecule has 1 fully saturated rings. The summed E-state index contributed by atoms with van der Waals surface area (Å²) in [6.45, 7) is 2.33. The maximum atomic E-state index is 13.3. The number of nitrogens with one attached hydrogen (secondary N) is 1. The number of piperidine rings is 1. The molecule has 0 unspecified atom stereocenters. The number of ether oxygens (including phenoxy) is 1. The summed E-state index contributed by atoms with van der Waals surface area (Å²) in [4.78, 5) is 15.6. The second-order valence-electron chi connectivity index (χ2n) is 7.29. The molecule has 0 radical (unpaired) electrons. The number of hydrogen-bond acceptors (Lipinski definition) is 7. The maximum Gasteiger partial charge on any atom is 0.320 e. The van der Waals surface area contributed by atoms with Crippen LogP contribution in [0.4, 0.5) is 16.0 Å². The van der Waals surface area contributed by atoms with Gasteiger partial charge < -0.3 is 9.64 Å². The van der Waals surface area contributed by atoms with E-state index in [0.717, 1.165) is 37.4 Å². The van der Waals surface area contributed by atoms with E-state index in [9.17, 15) is 4.39 Å². The van der Waals surface area contributed by atoms with Gasteiger partial charge in [0.1, 0.15) is 11.6 Å². The molecule has 1 saturated heterocycles. The molecule has 1 aliphatic heterocycles. The molecule has 1 aromatic carbocycles. The van der Waals surface area contributed by atoms with Gasteiger partial charge in [0.2, 0.25) is 0 Å². The van der Waals surface area contributed by atoms with E-state index >= 15 is 0 Å². The van der Waals surface area contributed by atoms with Crippen LogP contribution in [-0.4, -0.2) is 40.9 Å². The van der Waals surface area contributed by atoms with Gasteiger partial charge in [-0.1, -0.05) is 18.2 Å². The largest absolute Gasteiger partial charge is 0.463 e. The van der Waals surface area contributed by atoms with Crippen LogP contribution >= 0.6 is 0 Å². The highest BCUT2D eigenvalue weighted by Crippen LogP contribution is 2.23. The summed E-state index contributed by atoms with van der Waals surface area (Å²) >= 11 is 0. The lowest BCUT2D eigenvalue weighted by atomic mass is 10.1. The van der Waals surface area contributed by atoms with Gasteiger partial charge in [-0.25, -0.2) is 4.39 Å². The third-order valence-corrected chi connectivity index (χ3v) is 4.93. The summed E-state index contributed by atoms with van der Waals surface area (Å²) < 4.78 is 19.2. The Morgan fingerprint density at radius 3 is 2.77 bits per heavy atom. The quantitative estimate of drug-likeness (QED) is 0.437. The summed E-state index contributed by atoms with van der Waals surface area (Å²) in [5.74, 6) is 1.03. The summed E-state index contributed by atoms with van der Waals surface area (Å²) in [7, 11) is 0. The molecular formula is C23H25FN6O. The Morgan fingerprint density at radius 2 is 1.97 bits per heavy atom. The first-order chi connectivity index (χ1) is 15.3. The third-order valence-electron chi connectivity index (χ3n) is 4.93. The van der Waals surface area contributed by atoms with Crippen molar-refractivity contribution in [2.45, 2.75) is 25.7 Å². The summed E-state index contributed by atoms with van der Waals surface area (Å²) in [5, 5.41) is 4.19. The Morgan fingerprint density at radius 1 is 1.06 bits per heavy atom. The molecule has 7 nitrogen and oxygen atoms in total. The lowest BCUT2D eigenvalue weighted by molar-refractivity contribution is 0.295. The van der Waals surface area contributed by atoms with Crippen LogP contribution in [0.3, 0.4) is 0 Å². The monoisotopic (exact) mass is 420 g/mol. The first-order valence-electron chi connectivity index (χ1n) is 10.5. The number of halogens is 1. The molecule has 0 amide bonds. The molecule has 4 rings (SSSR count). The summed E-state index contributed by atoms with van der Waals surface area (Å²) in [6, 6.07) is 14.2. The Hall–Kier alpha value is -3.55. The lowest BCUT2D eigenvalue weighted by Gasteiger charge is -2.28. The fourth-order valence-electron chi connectivity index (χ4n) is 3.37. The van der Waals surface area contributed by atoms with Gasteiger partial charge in [-0.3, -0.25) is 10.4 Å². The molecule has 160 valence electrons. The number of rotatable bonds is 8. The molecule has 0 bridgehead atoms. The Bertz CT molecular complexity index is 1010. The van der Waals surface area contributed by atoms with Gasteiger partial charge in [0.15, 0.2) is 5.82 Å². The first kappa shape index (κ1) is 20.7. The second-order valence-corrected chi connectivity index (χ2v) is 7.29. The van der Waals surface area contributed by atoms with Crippen LogP contribution in [0.5, 0.6) is 6.01 Å². The van der Waals surface area contributed by atoms with Crippen LogP contribution in [0.15, 0.2) is 59.8 Å². The van der Waals surface area contributed by atoms with Crippen molar-refractivity contribution in [3.05, 3.63) is 71.8 Å². The van der Waals surface area contributed by atoms with Gasteiger partial charge in [0.05, 0.1) is 12.8 Å². The van der Waals surface area contributed by atoms with Crippen LogP contribution in [-0.2, 0) is 6.42 Å². The van der Waals surface area contributed by atoms with Gasteiger partial charge in [0.25, 0.3) is 0 Å². The highest BCUT2D eigenvalue weighted by atomic mass is 19.1. The van der Waals surface area contributed by atoms with E-state index < -0.39 is 0 Å². The van der Waals surface area contributed by atoms with E-state index in [1.165, 1.54) is 18.6 Å². The second kappa shape index (κ2) is 10.5. The standard InChI is InChI=1S/C23H25FN6O/c24-19-8-6-7-18(15-19)17-26-29-21-16-22(30-12-4-1-5-13-30)28-23(27-21)31-14-10-20-9-2-3-11-25-20/h2-3,6-9,11,15-17H,1,4-5,10,12-14H2,(H,27,28,29)/b26-17+. The van der Waals surface area contributed by atoms with Gasteiger partial charge >= 0.3 is 6.01 Å². The maximum absolute atomic E-state index is 13.3. The van der Waals surface area contributed by atoms with Crippen LogP contribution in [0, 0.1) is 5.82 Å². The van der Waals surface area contributed by atoms with Crippen molar-refractivity contribution < 1.29 is 9.13 Å². The molecule has 8 heteroatoms. The average Bonchev–Trinajstić information content (AvgIpc) is 2.80. The van der Waals surface area contributed by atoms with Crippen LogP contribution in [0.1, 0.15) is 30.5 Å². The number of hydrazone groups is 1. The van der Waals surface area contributed by atoms with E-state index in [4.69, 9.17) is 4.74 Å². The lowest BCUT2D eigenvalue weighted by Crippen LogP contribution is -2.30. The molecule has 0 aliphatic carbocycles. The first-order valence-corrected chi connectivity index (χ1v) is 10.5. The molecule has 3 heterocycles. The molecule has 0 spiro atoms. The fourth-order valence-corrected chi connectivity index (χ4v) is 3.37. The molecule has 31 heavy (non-hydrogen) atoms. The van der Waals surface area contributed by atoms with Crippen LogP contribution < -0.4 is 15.1 Å². The normalized spacial score (nSPS) is 14.0. The van der Waals surface area contributed by atoms with Crippen molar-refractivity contribution in [1.82, 2.24) is 15.0 Å². The van der Waals surface area contributed by atoms with Gasteiger partial charge in [-0.15, -0.1) is 0 Å². The van der Waals surface area contributed by atoms with Gasteiger partial charge in [0, 0.05) is 37.5 Å². The minimum Gasteiger partial charge on any atom is -0.463 e. The zero-order valence-electron chi connectivity index (χ0n) is 17.2. The number of benzene rings is 1. The topological polar surface area (TPSA) is 75.5 Å². The molecule has 3 aromatic rings. The summed E-state index contributed by atoms with van der Waals surface area (Å²) in [5.41, 5.74) is 4.53. The molecular weight excluding hydrogens is 395 g/mol. The number of aromatic nitrogens is 3. The summed E-state index contributed by atoms with van der Waals surface area (Å²) in [6.07, 6.45) is 7.49. The van der Waals surface area contributed by atoms with Gasteiger partial charge in [-0.05, 0) is 49.1 Å². The predicted octanol–water partition coefficient (Wildman–Crippen LogP) is 4.07. The molecule has 0 saturated carbocycles. The molecule has 0 atom stereocenters. The Labute approximate surface area is 181 Å². The van der Waals surface area contributed by atoms with E-state index in [1.54, 1.807) is 24.5 Å². The number of hydrogen-bond donors (Lipinski definition) is 1. The Kier molecular flexibility index (Phi) is 7.00. The predicted molar refractivity (Wildman–Crippen MR) is 119 cm³/mol. The van der Waals surface area contributed by atoms with Crippen molar-refractivity contribution in [1.29, 1.82) is 0 Å².